The van der Waals surface area contributed by atoms with Crippen LogP contribution < -0.4 is 14.7 Å². The van der Waals surface area contributed by atoms with Crippen molar-refractivity contribution in [2.45, 2.75) is 0 Å². The molecule has 0 aliphatic rings. The van der Waals surface area contributed by atoms with Crippen LogP contribution in [0.15, 0.2) is 582 Å². The molecule has 0 atom stereocenters. The smallest absolute Gasteiger partial charge is 0.0562 e. The Morgan fingerprint density at radius 3 is 0.694 bits per heavy atom. The van der Waals surface area contributed by atoms with E-state index in [4.69, 9.17) is 0 Å². The van der Waals surface area contributed by atoms with E-state index >= 15 is 0 Å². The molecule has 0 unspecified atom stereocenters. The minimum absolute atomic E-state index is 1.10. The van der Waals surface area contributed by atoms with Crippen LogP contribution in [0, 0.1) is 0 Å². The largest absolute Gasteiger partial charge is 0.310 e. The summed E-state index contributed by atoms with van der Waals surface area (Å²) in [6, 6.07) is 210. The number of para-hydroxylation sites is 3. The highest BCUT2D eigenvalue weighted by Gasteiger charge is 2.27. The van der Waals surface area contributed by atoms with E-state index in [2.05, 4.69) is 611 Å². The zero-order valence-corrected chi connectivity index (χ0v) is 79.1. The van der Waals surface area contributed by atoms with Crippen LogP contribution in [0.1, 0.15) is 0 Å². The monoisotopic (exact) mass is 1840 g/mol. The molecule has 3 aromatic heterocycles. The van der Waals surface area contributed by atoms with Gasteiger partial charge in [-0.25, -0.2) is 0 Å². The third-order valence-electron chi connectivity index (χ3n) is 28.1. The molecule has 3 heterocycles. The summed E-state index contributed by atoms with van der Waals surface area (Å²) in [5.74, 6) is 0. The van der Waals surface area contributed by atoms with Crippen molar-refractivity contribution >= 4 is 149 Å². The van der Waals surface area contributed by atoms with E-state index in [1.165, 1.54) is 164 Å². The van der Waals surface area contributed by atoms with Crippen LogP contribution in [-0.4, -0.2) is 13.7 Å². The van der Waals surface area contributed by atoms with Gasteiger partial charge in [0.15, 0.2) is 0 Å². The van der Waals surface area contributed by atoms with E-state index < -0.39 is 0 Å². The van der Waals surface area contributed by atoms with Gasteiger partial charge in [-0.3, -0.25) is 0 Å². The molecule has 144 heavy (non-hydrogen) atoms. The minimum Gasteiger partial charge on any atom is -0.310 e. The highest BCUT2D eigenvalue weighted by molar-refractivity contribution is 6.27. The van der Waals surface area contributed by atoms with E-state index in [0.717, 1.165) is 68.2 Å². The van der Waals surface area contributed by atoms with Gasteiger partial charge >= 0.3 is 0 Å². The zero-order chi connectivity index (χ0) is 95.6. The van der Waals surface area contributed by atoms with Crippen molar-refractivity contribution < 1.29 is 0 Å². The zero-order valence-electron chi connectivity index (χ0n) is 79.1. The quantitative estimate of drug-likeness (QED) is 0.0856. The van der Waals surface area contributed by atoms with Crippen LogP contribution >= 0.6 is 0 Å². The molecule has 6 nitrogen and oxygen atoms in total. The standard InChI is InChI=1S/3C46H32N2/c1-4-13-33(14-5-1)35-23-28-39(29-24-35)47(40-30-25-36(26-31-40)34-15-6-2-7-16-34)42-21-12-22-43-46(42)45-41-20-11-10-17-37(41)27-32-44(45)48(43)38-18-8-3-9-19-38;1-4-12-33(13-5-1)35-20-25-39(26-21-35)47(40-27-22-36(23-28-40)34-14-6-2-7-15-34)41-29-30-43-45(32-41)48(38-17-8-3-9-18-38)44-31-24-37-16-10-11-19-42(37)46(43)44;1-4-12-33(13-5-1)35-20-25-39(26-21-35)47(40-27-22-36(23-28-40)34-14-6-2-7-15-34)41-29-31-44-43(32-41)46-42-19-11-10-16-37(42)24-30-45(46)48(44)38-17-8-3-9-18-38/h3*1-32H. The summed E-state index contributed by atoms with van der Waals surface area (Å²) in [6.07, 6.45) is 0. The van der Waals surface area contributed by atoms with Gasteiger partial charge in [-0.05, 0) is 269 Å². The van der Waals surface area contributed by atoms with Crippen molar-refractivity contribution in [1.82, 2.24) is 13.7 Å². The minimum atomic E-state index is 1.10. The fourth-order valence-corrected chi connectivity index (χ4v) is 21.3. The lowest BCUT2D eigenvalue weighted by Crippen LogP contribution is -2.10. The third-order valence-corrected chi connectivity index (χ3v) is 28.1. The Kier molecular flexibility index (Phi) is 23.0. The molecule has 0 radical (unpaired) electrons. The maximum atomic E-state index is 2.42. The molecular weight excluding hydrogens is 1740 g/mol. The lowest BCUT2D eigenvalue weighted by Gasteiger charge is -2.27. The average Bonchev–Trinajstić information content (AvgIpc) is 1.57. The SMILES string of the molecule is c1ccc(-c2ccc(N(c3ccc(-c4ccccc4)cc3)c3ccc4c(c3)c3c5ccccc5ccc3n4-c3ccccc3)cc2)cc1.c1ccc(-c2ccc(N(c3ccc(-c4ccccc4)cc3)c3ccc4c5c6ccccc6ccc5n(-c5ccccc5)c4c3)cc2)cc1.c1ccc(-c2ccc(N(c3ccc(-c4ccccc4)cc3)c3cccc4c3c3c5ccccc5ccc3n4-c3ccccc3)cc2)cc1. The fraction of sp³-hybridized carbons (Fsp3) is 0. The Balaban J connectivity index is 0.000000113. The molecule has 678 valence electrons. The first-order valence-electron chi connectivity index (χ1n) is 49.3. The number of hydrogen-bond acceptors (Lipinski definition) is 3. The van der Waals surface area contributed by atoms with E-state index in [-0.39, 0.29) is 0 Å². The van der Waals surface area contributed by atoms with Gasteiger partial charge < -0.3 is 28.4 Å². The maximum absolute atomic E-state index is 2.42. The van der Waals surface area contributed by atoms with Crippen LogP contribution in [0.4, 0.5) is 51.2 Å². The van der Waals surface area contributed by atoms with Gasteiger partial charge in [0.2, 0.25) is 0 Å². The lowest BCUT2D eigenvalue weighted by atomic mass is 10.0. The third kappa shape index (κ3) is 16.5. The second-order valence-electron chi connectivity index (χ2n) is 36.6. The summed E-state index contributed by atoms with van der Waals surface area (Å²) >= 11 is 0. The summed E-state index contributed by atoms with van der Waals surface area (Å²) in [4.78, 5) is 7.16. The van der Waals surface area contributed by atoms with Crippen molar-refractivity contribution in [3.05, 3.63) is 582 Å². The first-order chi connectivity index (χ1) is 71.5. The lowest BCUT2D eigenvalue weighted by molar-refractivity contribution is 1.18. The first kappa shape index (κ1) is 86.4. The van der Waals surface area contributed by atoms with E-state index in [9.17, 15) is 0 Å². The Morgan fingerprint density at radius 2 is 0.354 bits per heavy atom. The molecule has 27 rings (SSSR count). The molecule has 0 fully saturated rings. The molecule has 6 heteroatoms. The first-order valence-corrected chi connectivity index (χ1v) is 49.3. The molecule has 0 saturated heterocycles. The molecule has 0 N–H and O–H groups in total. The van der Waals surface area contributed by atoms with Gasteiger partial charge in [0.25, 0.3) is 0 Å². The summed E-state index contributed by atoms with van der Waals surface area (Å²) in [7, 11) is 0. The van der Waals surface area contributed by atoms with Crippen LogP contribution in [0.3, 0.4) is 0 Å². The van der Waals surface area contributed by atoms with Gasteiger partial charge in [0, 0.05) is 94.9 Å². The van der Waals surface area contributed by atoms with Gasteiger partial charge in [-0.15, -0.1) is 0 Å². The molecule has 0 amide bonds. The van der Waals surface area contributed by atoms with E-state index in [1.54, 1.807) is 0 Å². The molecule has 27 aromatic rings. The summed E-state index contributed by atoms with van der Waals surface area (Å²) in [5, 5.41) is 15.0. The maximum Gasteiger partial charge on any atom is 0.0562 e. The van der Waals surface area contributed by atoms with Crippen molar-refractivity contribution in [3.8, 4) is 83.8 Å². The fourth-order valence-electron chi connectivity index (χ4n) is 21.3. The molecule has 0 spiro atoms. The van der Waals surface area contributed by atoms with Gasteiger partial charge in [-0.1, -0.05) is 413 Å². The van der Waals surface area contributed by atoms with Gasteiger partial charge in [0.05, 0.1) is 38.8 Å². The van der Waals surface area contributed by atoms with Crippen LogP contribution in [0.2, 0.25) is 0 Å². The second kappa shape index (κ2) is 38.3. The molecule has 24 aromatic carbocycles. The van der Waals surface area contributed by atoms with Crippen molar-refractivity contribution in [1.29, 1.82) is 0 Å². The topological polar surface area (TPSA) is 24.5 Å². The Morgan fingerprint density at radius 1 is 0.118 bits per heavy atom. The average molecular weight is 1840 g/mol. The summed E-state index contributed by atoms with van der Waals surface area (Å²) < 4.78 is 7.22. The number of rotatable bonds is 18. The molecule has 0 aliphatic heterocycles. The Labute approximate surface area is 837 Å². The van der Waals surface area contributed by atoms with Crippen molar-refractivity contribution in [3.63, 3.8) is 0 Å². The number of aromatic nitrogens is 3. The predicted octanol–water partition coefficient (Wildman–Crippen LogP) is 38.2. The number of anilines is 9. The highest BCUT2D eigenvalue weighted by Crippen LogP contribution is 2.50. The normalized spacial score (nSPS) is 11.3. The Hall–Kier alpha value is -19.1. The summed E-state index contributed by atoms with van der Waals surface area (Å²) in [5.41, 5.74) is 35.1. The van der Waals surface area contributed by atoms with Crippen LogP contribution in [0.25, 0.3) is 182 Å². The second-order valence-corrected chi connectivity index (χ2v) is 36.6. The van der Waals surface area contributed by atoms with E-state index in [0.29, 0.717) is 0 Å². The number of hydrogen-bond donors (Lipinski definition) is 0. The predicted molar refractivity (Wildman–Crippen MR) is 612 cm³/mol. The Bertz CT molecular complexity index is 8970. The van der Waals surface area contributed by atoms with Crippen molar-refractivity contribution in [2.24, 2.45) is 0 Å². The molecule has 0 bridgehead atoms. The van der Waals surface area contributed by atoms with Crippen LogP contribution in [-0.2, 0) is 0 Å². The van der Waals surface area contributed by atoms with Gasteiger partial charge in [-0.2, -0.15) is 0 Å². The van der Waals surface area contributed by atoms with E-state index in [1.807, 2.05) is 0 Å². The number of benzene rings is 24. The highest BCUT2D eigenvalue weighted by atomic mass is 15.2. The van der Waals surface area contributed by atoms with Gasteiger partial charge in [0.1, 0.15) is 0 Å². The molecular formula is C138H96N6. The molecule has 0 saturated carbocycles. The van der Waals surface area contributed by atoms with Crippen LogP contribution in [0.5, 0.6) is 0 Å². The molecule has 0 aliphatic carbocycles. The van der Waals surface area contributed by atoms with Crippen molar-refractivity contribution in [2.75, 3.05) is 14.7 Å². The number of fused-ring (bicyclic) bond motifs is 15. The summed E-state index contributed by atoms with van der Waals surface area (Å²) in [6.45, 7) is 0. The number of nitrogens with zero attached hydrogens (tertiary/aromatic N) is 6.